The summed E-state index contributed by atoms with van der Waals surface area (Å²) in [6.45, 7) is 14.2. The Bertz CT molecular complexity index is 774. The average molecular weight is 587 g/mol. The number of rotatable bonds is 16. The van der Waals surface area contributed by atoms with E-state index in [1.165, 1.54) is 0 Å². The number of carbonyl (C=O) groups is 1. The number of aliphatic carboxylic acids is 1. The first kappa shape index (κ1) is 34.5. The fourth-order valence-electron chi connectivity index (χ4n) is 5.25. The predicted molar refractivity (Wildman–Crippen MR) is 162 cm³/mol. The molecule has 1 aliphatic heterocycles. The molecule has 0 spiro atoms. The minimum absolute atomic E-state index is 0.0256. The highest BCUT2D eigenvalue weighted by atomic mass is 35.5. The Morgan fingerprint density at radius 3 is 2.56 bits per heavy atom. The van der Waals surface area contributed by atoms with Gasteiger partial charge in [0.2, 0.25) is 0 Å². The highest BCUT2D eigenvalue weighted by molar-refractivity contribution is 6.74. The molecule has 2 rings (SSSR count). The number of aliphatic hydroxyl groups is 1. The van der Waals surface area contributed by atoms with E-state index in [9.17, 15) is 9.90 Å². The quantitative estimate of drug-likeness (QED) is 0.0829. The van der Waals surface area contributed by atoms with Gasteiger partial charge in [-0.15, -0.1) is 11.6 Å². The number of hydrogen-bond donors (Lipinski definition) is 2. The molecule has 39 heavy (non-hydrogen) atoms. The Morgan fingerprint density at radius 2 is 1.92 bits per heavy atom. The van der Waals surface area contributed by atoms with Crippen molar-refractivity contribution in [2.45, 2.75) is 146 Å². The normalized spacial score (nSPS) is 28.4. The highest BCUT2D eigenvalue weighted by Gasteiger charge is 2.42. The summed E-state index contributed by atoms with van der Waals surface area (Å²) in [6.07, 6.45) is 16.5. The number of alkyl halides is 1. The minimum Gasteiger partial charge on any atom is -0.481 e. The van der Waals surface area contributed by atoms with Crippen LogP contribution in [-0.2, 0) is 18.7 Å². The molecule has 1 aliphatic carbocycles. The van der Waals surface area contributed by atoms with Crippen LogP contribution >= 0.6 is 11.6 Å². The van der Waals surface area contributed by atoms with Crippen LogP contribution in [0.2, 0.25) is 18.1 Å². The lowest BCUT2D eigenvalue weighted by Gasteiger charge is -2.38. The van der Waals surface area contributed by atoms with E-state index >= 15 is 0 Å². The highest BCUT2D eigenvalue weighted by Crippen LogP contribution is 2.42. The molecule has 0 radical (unpaired) electrons. The molecule has 0 aromatic carbocycles. The van der Waals surface area contributed by atoms with Gasteiger partial charge >= 0.3 is 5.97 Å². The summed E-state index contributed by atoms with van der Waals surface area (Å²) >= 11 is 6.85. The molecule has 2 fully saturated rings. The van der Waals surface area contributed by atoms with Gasteiger partial charge in [-0.25, -0.2) is 0 Å². The Morgan fingerprint density at radius 1 is 1.18 bits per heavy atom. The first-order valence-corrected chi connectivity index (χ1v) is 18.5. The summed E-state index contributed by atoms with van der Waals surface area (Å²) in [5.41, 5.74) is 0. The second kappa shape index (κ2) is 16.7. The molecule has 0 amide bonds. The molecule has 7 atom stereocenters. The Labute approximate surface area is 243 Å². The van der Waals surface area contributed by atoms with E-state index in [1.807, 2.05) is 6.08 Å². The summed E-state index contributed by atoms with van der Waals surface area (Å²) in [5.74, 6) is -0.471. The van der Waals surface area contributed by atoms with Gasteiger partial charge in [0, 0.05) is 30.4 Å². The third-order valence-corrected chi connectivity index (χ3v) is 13.7. The van der Waals surface area contributed by atoms with Crippen LogP contribution in [0.3, 0.4) is 0 Å². The molecule has 1 saturated heterocycles. The van der Waals surface area contributed by atoms with Gasteiger partial charge in [0.1, 0.15) is 0 Å². The summed E-state index contributed by atoms with van der Waals surface area (Å²) < 4.78 is 18.7. The zero-order valence-corrected chi connectivity index (χ0v) is 27.0. The van der Waals surface area contributed by atoms with Crippen LogP contribution in [-0.4, -0.2) is 61.1 Å². The number of hydrogen-bond acceptors (Lipinski definition) is 5. The third-order valence-electron chi connectivity index (χ3n) is 8.61. The van der Waals surface area contributed by atoms with Crippen LogP contribution in [0.4, 0.5) is 0 Å². The molecule has 8 heteroatoms. The van der Waals surface area contributed by atoms with Crippen molar-refractivity contribution >= 4 is 25.9 Å². The van der Waals surface area contributed by atoms with Crippen LogP contribution < -0.4 is 0 Å². The Kier molecular flexibility index (Phi) is 14.7. The molecule has 0 bridgehead atoms. The molecule has 2 N–H and O–H groups in total. The fraction of sp³-hybridized carbons (Fsp3) is 0.839. The van der Waals surface area contributed by atoms with Gasteiger partial charge in [0.05, 0.1) is 12.2 Å². The minimum atomic E-state index is -1.79. The summed E-state index contributed by atoms with van der Waals surface area (Å²) in [7, 11) is -1.79. The molecule has 0 aromatic heterocycles. The van der Waals surface area contributed by atoms with Crippen molar-refractivity contribution in [2.75, 3.05) is 6.61 Å². The maximum Gasteiger partial charge on any atom is 0.303 e. The maximum atomic E-state index is 10.8. The lowest BCUT2D eigenvalue weighted by atomic mass is 9.90. The van der Waals surface area contributed by atoms with Crippen LogP contribution in [0, 0.1) is 11.8 Å². The Balaban J connectivity index is 1.94. The van der Waals surface area contributed by atoms with Gasteiger partial charge in [-0.1, -0.05) is 45.1 Å². The summed E-state index contributed by atoms with van der Waals surface area (Å²) in [5, 5.41) is 19.8. The van der Waals surface area contributed by atoms with E-state index in [4.69, 9.17) is 30.6 Å². The Hall–Kier alpha value is -0.703. The van der Waals surface area contributed by atoms with Crippen molar-refractivity contribution in [1.29, 1.82) is 0 Å². The van der Waals surface area contributed by atoms with Crippen LogP contribution in [0.25, 0.3) is 0 Å². The molecule has 1 heterocycles. The third kappa shape index (κ3) is 12.4. The van der Waals surface area contributed by atoms with Crippen molar-refractivity contribution in [2.24, 2.45) is 11.8 Å². The van der Waals surface area contributed by atoms with E-state index in [-0.39, 0.29) is 47.2 Å². The molecular weight excluding hydrogens is 532 g/mol. The smallest absolute Gasteiger partial charge is 0.303 e. The standard InChI is InChI=1S/C31H55ClO6Si/c1-23(38-39(5,6)31(2,3)4)14-13-15-24(33)19-20-26-25(16-9-7-8-10-17-29(34)35)27(32)22-28(26)37-30-18-11-12-21-36-30/h7,9,19-20,23-28,30,33H,8,10-18,21-22H2,1-6H3,(H,34,35)/t23-,24+,25-,26-,27-,28-,30?/m1/s1. The number of ether oxygens (including phenoxy) is 2. The number of aliphatic hydroxyl groups excluding tert-OH is 1. The molecule has 1 unspecified atom stereocenters. The van der Waals surface area contributed by atoms with Gasteiger partial charge < -0.3 is 24.1 Å². The average Bonchev–Trinajstić information content (AvgIpc) is 3.12. The van der Waals surface area contributed by atoms with Crippen LogP contribution in [0.1, 0.15) is 98.3 Å². The van der Waals surface area contributed by atoms with Crippen molar-refractivity contribution in [3.05, 3.63) is 24.3 Å². The lowest BCUT2D eigenvalue weighted by molar-refractivity contribution is -0.192. The summed E-state index contributed by atoms with van der Waals surface area (Å²) in [4.78, 5) is 10.7. The second-order valence-electron chi connectivity index (χ2n) is 13.0. The van der Waals surface area contributed by atoms with Gasteiger partial charge in [0.15, 0.2) is 14.6 Å². The van der Waals surface area contributed by atoms with E-state index in [1.54, 1.807) is 0 Å². The van der Waals surface area contributed by atoms with Crippen molar-refractivity contribution in [1.82, 2.24) is 0 Å². The number of halogens is 1. The molecule has 226 valence electrons. The second-order valence-corrected chi connectivity index (χ2v) is 18.3. The first-order chi connectivity index (χ1) is 18.3. The van der Waals surface area contributed by atoms with Crippen LogP contribution in [0.5, 0.6) is 0 Å². The van der Waals surface area contributed by atoms with Crippen molar-refractivity contribution in [3.63, 3.8) is 0 Å². The monoisotopic (exact) mass is 586 g/mol. The predicted octanol–water partition coefficient (Wildman–Crippen LogP) is 7.84. The van der Waals surface area contributed by atoms with E-state index in [2.05, 4.69) is 59.0 Å². The van der Waals surface area contributed by atoms with Crippen molar-refractivity contribution in [3.8, 4) is 0 Å². The van der Waals surface area contributed by atoms with E-state index < -0.39 is 20.4 Å². The number of allylic oxidation sites excluding steroid dienone is 2. The van der Waals surface area contributed by atoms with Crippen LogP contribution in [0.15, 0.2) is 24.3 Å². The SMILES string of the molecule is C[C@H](CCC[C@H](O)C=C[C@@H]1[C@@H](CC=CCCCC(=O)O)[C@H](Cl)C[C@H]1OC1CCCCO1)O[Si](C)(C)C(C)(C)C. The number of carboxylic acids is 1. The molecule has 0 aromatic rings. The van der Waals surface area contributed by atoms with Gasteiger partial charge in [-0.05, 0) is 95.2 Å². The molecule has 1 saturated carbocycles. The van der Waals surface area contributed by atoms with Crippen molar-refractivity contribution < 1.29 is 28.9 Å². The number of unbranched alkanes of at least 4 members (excludes halogenated alkanes) is 1. The van der Waals surface area contributed by atoms with E-state index in [0.717, 1.165) is 58.0 Å². The van der Waals surface area contributed by atoms with Gasteiger partial charge in [-0.2, -0.15) is 0 Å². The lowest BCUT2D eigenvalue weighted by Crippen LogP contribution is -2.43. The fourth-order valence-corrected chi connectivity index (χ4v) is 7.17. The topological polar surface area (TPSA) is 85.2 Å². The zero-order chi connectivity index (χ0) is 29.1. The molecule has 6 nitrogen and oxygen atoms in total. The van der Waals surface area contributed by atoms with Gasteiger partial charge in [0.25, 0.3) is 0 Å². The first-order valence-electron chi connectivity index (χ1n) is 15.1. The van der Waals surface area contributed by atoms with Gasteiger partial charge in [-0.3, -0.25) is 4.79 Å². The number of carboxylic acid groups (broad SMARTS) is 1. The van der Waals surface area contributed by atoms with E-state index in [0.29, 0.717) is 12.8 Å². The largest absolute Gasteiger partial charge is 0.481 e. The molecule has 2 aliphatic rings. The zero-order valence-electron chi connectivity index (χ0n) is 25.2. The summed E-state index contributed by atoms with van der Waals surface area (Å²) in [6, 6.07) is 0. The molecular formula is C31H55ClO6Si. The maximum absolute atomic E-state index is 10.8.